The van der Waals surface area contributed by atoms with Crippen LogP contribution in [0.25, 0.3) is 0 Å². The number of rotatable bonds is 6. The maximum atomic E-state index is 5.85. The largest absolute Gasteiger partial charge is 0.489 e. The number of hydrogen-bond acceptors (Lipinski definition) is 2. The SMILES string of the molecule is CCNC(=NCC(C)Oc1ccccc1)NC1CCCC1.I. The van der Waals surface area contributed by atoms with Crippen molar-refractivity contribution in [3.05, 3.63) is 30.3 Å². The lowest BCUT2D eigenvalue weighted by atomic mass is 10.2. The van der Waals surface area contributed by atoms with Crippen molar-refractivity contribution in [1.29, 1.82) is 0 Å². The normalized spacial score (nSPS) is 16.7. The lowest BCUT2D eigenvalue weighted by molar-refractivity contribution is 0.230. The van der Waals surface area contributed by atoms with Gasteiger partial charge >= 0.3 is 0 Å². The lowest BCUT2D eigenvalue weighted by Crippen LogP contribution is -2.42. The minimum Gasteiger partial charge on any atom is -0.489 e. The second-order valence-corrected chi connectivity index (χ2v) is 5.59. The highest BCUT2D eigenvalue weighted by molar-refractivity contribution is 14.0. The zero-order valence-corrected chi connectivity index (χ0v) is 15.9. The summed E-state index contributed by atoms with van der Waals surface area (Å²) in [6.45, 7) is 5.68. The first-order valence-electron chi connectivity index (χ1n) is 8.04. The maximum absolute atomic E-state index is 5.85. The molecule has 0 radical (unpaired) electrons. The van der Waals surface area contributed by atoms with Crippen LogP contribution in [-0.4, -0.2) is 31.2 Å². The van der Waals surface area contributed by atoms with Crippen molar-refractivity contribution in [3.8, 4) is 5.75 Å². The third kappa shape index (κ3) is 6.85. The summed E-state index contributed by atoms with van der Waals surface area (Å²) in [6.07, 6.45) is 5.21. The molecule has 1 aliphatic carbocycles. The summed E-state index contributed by atoms with van der Waals surface area (Å²) in [5.41, 5.74) is 0. The number of ether oxygens (including phenoxy) is 1. The molecule has 1 atom stereocenters. The van der Waals surface area contributed by atoms with Gasteiger partial charge in [0.25, 0.3) is 0 Å². The van der Waals surface area contributed by atoms with E-state index in [0.29, 0.717) is 12.6 Å². The summed E-state index contributed by atoms with van der Waals surface area (Å²) < 4.78 is 5.85. The van der Waals surface area contributed by atoms with E-state index < -0.39 is 0 Å². The molecule has 0 aromatic heterocycles. The smallest absolute Gasteiger partial charge is 0.191 e. The molecule has 5 heteroatoms. The van der Waals surface area contributed by atoms with Crippen LogP contribution in [0.5, 0.6) is 5.75 Å². The van der Waals surface area contributed by atoms with Gasteiger partial charge in [0, 0.05) is 12.6 Å². The van der Waals surface area contributed by atoms with Gasteiger partial charge in [0.2, 0.25) is 0 Å². The average molecular weight is 417 g/mol. The predicted octanol–water partition coefficient (Wildman–Crippen LogP) is 3.57. The lowest BCUT2D eigenvalue weighted by Gasteiger charge is -2.18. The van der Waals surface area contributed by atoms with Gasteiger partial charge in [0.05, 0.1) is 6.54 Å². The second kappa shape index (κ2) is 10.7. The Labute approximate surface area is 151 Å². The minimum absolute atomic E-state index is 0. The van der Waals surface area contributed by atoms with Gasteiger partial charge in [-0.1, -0.05) is 31.0 Å². The molecule has 1 aromatic rings. The summed E-state index contributed by atoms with van der Waals surface area (Å²) in [6, 6.07) is 10.5. The molecule has 0 heterocycles. The number of nitrogens with one attached hydrogen (secondary N) is 2. The molecule has 0 aliphatic heterocycles. The first kappa shape index (κ1) is 19.1. The number of guanidine groups is 1. The van der Waals surface area contributed by atoms with E-state index in [9.17, 15) is 0 Å². The Morgan fingerprint density at radius 3 is 2.59 bits per heavy atom. The van der Waals surface area contributed by atoms with Crippen LogP contribution in [0.4, 0.5) is 0 Å². The van der Waals surface area contributed by atoms with Crippen LogP contribution in [0, 0.1) is 0 Å². The standard InChI is InChI=1S/C17H27N3O.HI/c1-3-18-17(20-15-9-7-8-10-15)19-13-14(2)21-16-11-5-4-6-12-16;/h4-6,11-12,14-15H,3,7-10,13H2,1-2H3,(H2,18,19,20);1H. The number of benzene rings is 1. The van der Waals surface area contributed by atoms with E-state index >= 15 is 0 Å². The molecule has 1 fully saturated rings. The third-order valence-corrected chi connectivity index (χ3v) is 3.63. The van der Waals surface area contributed by atoms with Crippen LogP contribution in [0.2, 0.25) is 0 Å². The zero-order valence-electron chi connectivity index (χ0n) is 13.5. The van der Waals surface area contributed by atoms with E-state index in [1.54, 1.807) is 0 Å². The van der Waals surface area contributed by atoms with Crippen LogP contribution in [0.3, 0.4) is 0 Å². The van der Waals surface area contributed by atoms with E-state index in [2.05, 4.69) is 29.5 Å². The molecular weight excluding hydrogens is 389 g/mol. The molecule has 0 spiro atoms. The molecule has 124 valence electrons. The van der Waals surface area contributed by atoms with Crippen LogP contribution in [0.1, 0.15) is 39.5 Å². The fraction of sp³-hybridized carbons (Fsp3) is 0.588. The van der Waals surface area contributed by atoms with Gasteiger partial charge in [0.15, 0.2) is 5.96 Å². The second-order valence-electron chi connectivity index (χ2n) is 5.59. The van der Waals surface area contributed by atoms with Gasteiger partial charge < -0.3 is 15.4 Å². The number of para-hydroxylation sites is 1. The Morgan fingerprint density at radius 2 is 1.95 bits per heavy atom. The van der Waals surface area contributed by atoms with Crippen LogP contribution >= 0.6 is 24.0 Å². The molecule has 1 aliphatic rings. The van der Waals surface area contributed by atoms with Gasteiger partial charge in [0.1, 0.15) is 11.9 Å². The fourth-order valence-corrected chi connectivity index (χ4v) is 2.57. The highest BCUT2D eigenvalue weighted by Gasteiger charge is 2.16. The first-order valence-corrected chi connectivity index (χ1v) is 8.04. The summed E-state index contributed by atoms with van der Waals surface area (Å²) >= 11 is 0. The maximum Gasteiger partial charge on any atom is 0.191 e. The summed E-state index contributed by atoms with van der Waals surface area (Å²) in [4.78, 5) is 4.64. The molecule has 0 amide bonds. The Balaban J connectivity index is 0.00000242. The Bertz CT molecular complexity index is 433. The average Bonchev–Trinajstić information content (AvgIpc) is 2.99. The van der Waals surface area contributed by atoms with E-state index in [1.807, 2.05) is 30.3 Å². The van der Waals surface area contributed by atoms with E-state index in [1.165, 1.54) is 25.7 Å². The molecule has 2 N–H and O–H groups in total. The van der Waals surface area contributed by atoms with Gasteiger partial charge in [-0.3, -0.25) is 0 Å². The van der Waals surface area contributed by atoms with Gasteiger partial charge in [-0.25, -0.2) is 4.99 Å². The number of hydrogen-bond donors (Lipinski definition) is 2. The van der Waals surface area contributed by atoms with Gasteiger partial charge in [-0.05, 0) is 38.8 Å². The van der Waals surface area contributed by atoms with Crippen molar-refractivity contribution in [2.24, 2.45) is 4.99 Å². The van der Waals surface area contributed by atoms with Gasteiger partial charge in [-0.15, -0.1) is 24.0 Å². The molecule has 1 unspecified atom stereocenters. The van der Waals surface area contributed by atoms with Gasteiger partial charge in [-0.2, -0.15) is 0 Å². The molecule has 4 nitrogen and oxygen atoms in total. The van der Waals surface area contributed by atoms with Crippen molar-refractivity contribution in [2.45, 2.75) is 51.7 Å². The van der Waals surface area contributed by atoms with Crippen molar-refractivity contribution >= 4 is 29.9 Å². The summed E-state index contributed by atoms with van der Waals surface area (Å²) in [7, 11) is 0. The van der Waals surface area contributed by atoms with Crippen molar-refractivity contribution < 1.29 is 4.74 Å². The number of aliphatic imine (C=N–C) groups is 1. The van der Waals surface area contributed by atoms with Crippen LogP contribution in [-0.2, 0) is 0 Å². The number of nitrogens with zero attached hydrogens (tertiary/aromatic N) is 1. The van der Waals surface area contributed by atoms with Crippen molar-refractivity contribution in [2.75, 3.05) is 13.1 Å². The van der Waals surface area contributed by atoms with E-state index in [0.717, 1.165) is 18.3 Å². The number of halogens is 1. The van der Waals surface area contributed by atoms with Crippen molar-refractivity contribution in [1.82, 2.24) is 10.6 Å². The van der Waals surface area contributed by atoms with E-state index in [-0.39, 0.29) is 30.1 Å². The molecule has 0 bridgehead atoms. The summed E-state index contributed by atoms with van der Waals surface area (Å²) in [5.74, 6) is 1.81. The first-order chi connectivity index (χ1) is 10.3. The van der Waals surface area contributed by atoms with Crippen LogP contribution in [0.15, 0.2) is 35.3 Å². The molecule has 1 saturated carbocycles. The molecule has 2 rings (SSSR count). The Kier molecular flexibility index (Phi) is 9.27. The Hall–Kier alpha value is -0.980. The predicted molar refractivity (Wildman–Crippen MR) is 103 cm³/mol. The highest BCUT2D eigenvalue weighted by atomic mass is 127. The quantitative estimate of drug-likeness (QED) is 0.423. The van der Waals surface area contributed by atoms with E-state index in [4.69, 9.17) is 4.74 Å². The van der Waals surface area contributed by atoms with Crippen molar-refractivity contribution in [3.63, 3.8) is 0 Å². The zero-order chi connectivity index (χ0) is 14.9. The molecular formula is C17H28IN3O. The summed E-state index contributed by atoms with van der Waals surface area (Å²) in [5, 5.41) is 6.83. The highest BCUT2D eigenvalue weighted by Crippen LogP contribution is 2.17. The monoisotopic (exact) mass is 417 g/mol. The third-order valence-electron chi connectivity index (χ3n) is 3.63. The Morgan fingerprint density at radius 1 is 1.27 bits per heavy atom. The molecule has 0 saturated heterocycles. The fourth-order valence-electron chi connectivity index (χ4n) is 2.57. The molecule has 1 aromatic carbocycles. The molecule has 22 heavy (non-hydrogen) atoms. The van der Waals surface area contributed by atoms with Crippen LogP contribution < -0.4 is 15.4 Å². The minimum atomic E-state index is 0. The topological polar surface area (TPSA) is 45.7 Å².